The van der Waals surface area contributed by atoms with Gasteiger partial charge in [0.25, 0.3) is 11.8 Å². The molecule has 16 heavy (non-hydrogen) atoms. The van der Waals surface area contributed by atoms with E-state index in [1.807, 2.05) is 30.3 Å². The van der Waals surface area contributed by atoms with Gasteiger partial charge in [0.15, 0.2) is 13.1 Å². The molecule has 2 amide bonds. The van der Waals surface area contributed by atoms with Crippen molar-refractivity contribution in [1.29, 1.82) is 0 Å². The van der Waals surface area contributed by atoms with Gasteiger partial charge in [-0.25, -0.2) is 0 Å². The number of quaternary nitrogens is 1. The molecular weight excluding hydrogens is 204 g/mol. The summed E-state index contributed by atoms with van der Waals surface area (Å²) in [5.74, 6) is -0.153. The largest absolute Gasteiger partial charge is 0.331 e. The average molecular weight is 219 g/mol. The van der Waals surface area contributed by atoms with Crippen molar-refractivity contribution < 1.29 is 14.9 Å². The van der Waals surface area contributed by atoms with Crippen LogP contribution in [0.15, 0.2) is 30.3 Å². The van der Waals surface area contributed by atoms with Gasteiger partial charge in [0.1, 0.15) is 0 Å². The standard InChI is InChI=1S/C12H14N2O2/c15-11-8-13-9-12(16)14(11)7-6-10-4-2-1-3-5-10/h1-5,13H,6-9H2/p+1. The molecule has 0 unspecified atom stereocenters. The molecule has 0 aromatic heterocycles. The second-order valence-corrected chi connectivity index (χ2v) is 3.87. The number of nitrogens with zero attached hydrogens (tertiary/aromatic N) is 1. The van der Waals surface area contributed by atoms with Crippen molar-refractivity contribution in [3.8, 4) is 0 Å². The number of nitrogens with two attached hydrogens (primary N) is 1. The monoisotopic (exact) mass is 219 g/mol. The molecular formula is C12H15N2O2+. The quantitative estimate of drug-likeness (QED) is 0.674. The Kier molecular flexibility index (Phi) is 3.31. The molecule has 84 valence electrons. The number of carbonyl (C=O) groups excluding carboxylic acids is 2. The summed E-state index contributed by atoms with van der Waals surface area (Å²) in [6.07, 6.45) is 0.734. The van der Waals surface area contributed by atoms with Gasteiger partial charge in [-0.1, -0.05) is 30.3 Å². The van der Waals surface area contributed by atoms with Crippen LogP contribution < -0.4 is 5.32 Å². The maximum Gasteiger partial charge on any atom is 0.284 e. The molecule has 0 saturated carbocycles. The lowest BCUT2D eigenvalue weighted by atomic mass is 10.1. The van der Waals surface area contributed by atoms with Gasteiger partial charge < -0.3 is 5.32 Å². The first-order valence-corrected chi connectivity index (χ1v) is 5.46. The van der Waals surface area contributed by atoms with E-state index in [-0.39, 0.29) is 11.8 Å². The average Bonchev–Trinajstić information content (AvgIpc) is 2.30. The van der Waals surface area contributed by atoms with Crippen LogP contribution in [-0.4, -0.2) is 36.3 Å². The SMILES string of the molecule is O=C1C[NH2+]CC(=O)N1CCc1ccccc1. The van der Waals surface area contributed by atoms with E-state index in [1.165, 1.54) is 4.90 Å². The fraction of sp³-hybridized carbons (Fsp3) is 0.333. The summed E-state index contributed by atoms with van der Waals surface area (Å²) in [5.41, 5.74) is 1.15. The van der Waals surface area contributed by atoms with E-state index in [0.29, 0.717) is 19.6 Å². The third-order valence-corrected chi connectivity index (χ3v) is 2.71. The Labute approximate surface area is 94.2 Å². The van der Waals surface area contributed by atoms with E-state index in [9.17, 15) is 9.59 Å². The number of carbonyl (C=O) groups is 2. The second kappa shape index (κ2) is 4.90. The predicted octanol–water partition coefficient (Wildman–Crippen LogP) is -0.839. The molecule has 2 rings (SSSR count). The highest BCUT2D eigenvalue weighted by Crippen LogP contribution is 2.02. The van der Waals surface area contributed by atoms with Gasteiger partial charge in [-0.3, -0.25) is 14.5 Å². The Morgan fingerprint density at radius 3 is 2.31 bits per heavy atom. The molecule has 2 N–H and O–H groups in total. The first-order chi connectivity index (χ1) is 7.77. The van der Waals surface area contributed by atoms with E-state index in [1.54, 1.807) is 5.32 Å². The Bertz CT molecular complexity index is 373. The zero-order chi connectivity index (χ0) is 11.4. The molecule has 1 aliphatic rings. The van der Waals surface area contributed by atoms with Crippen molar-refractivity contribution >= 4 is 11.8 Å². The summed E-state index contributed by atoms with van der Waals surface area (Å²) in [6.45, 7) is 1.27. The Hall–Kier alpha value is -1.68. The lowest BCUT2D eigenvalue weighted by Crippen LogP contribution is -2.92. The van der Waals surface area contributed by atoms with Gasteiger partial charge in [-0.15, -0.1) is 0 Å². The van der Waals surface area contributed by atoms with Gasteiger partial charge in [-0.05, 0) is 12.0 Å². The maximum absolute atomic E-state index is 11.5. The van der Waals surface area contributed by atoms with Crippen LogP contribution in [0.3, 0.4) is 0 Å². The van der Waals surface area contributed by atoms with Crippen LogP contribution in [0.1, 0.15) is 5.56 Å². The molecule has 1 aromatic carbocycles. The number of amides is 2. The second-order valence-electron chi connectivity index (χ2n) is 3.87. The summed E-state index contributed by atoms with van der Waals surface area (Å²) in [7, 11) is 0. The van der Waals surface area contributed by atoms with Crippen molar-refractivity contribution in [2.45, 2.75) is 6.42 Å². The normalized spacial score (nSPS) is 16.6. The topological polar surface area (TPSA) is 54.0 Å². The minimum absolute atomic E-state index is 0.0767. The van der Waals surface area contributed by atoms with Crippen molar-refractivity contribution in [1.82, 2.24) is 4.90 Å². The molecule has 4 nitrogen and oxygen atoms in total. The fourth-order valence-electron chi connectivity index (χ4n) is 1.81. The minimum atomic E-state index is -0.0767. The molecule has 0 bridgehead atoms. The zero-order valence-corrected chi connectivity index (χ0v) is 9.06. The highest BCUT2D eigenvalue weighted by atomic mass is 16.2. The van der Waals surface area contributed by atoms with E-state index in [0.717, 1.165) is 12.0 Å². The van der Waals surface area contributed by atoms with Crippen LogP contribution in [0.4, 0.5) is 0 Å². The highest BCUT2D eigenvalue weighted by Gasteiger charge is 2.27. The number of piperazine rings is 1. The van der Waals surface area contributed by atoms with E-state index in [2.05, 4.69) is 0 Å². The number of hydrogen-bond acceptors (Lipinski definition) is 2. The van der Waals surface area contributed by atoms with Gasteiger partial charge in [0.2, 0.25) is 0 Å². The van der Waals surface area contributed by atoms with Crippen molar-refractivity contribution in [2.24, 2.45) is 0 Å². The van der Waals surface area contributed by atoms with Crippen LogP contribution in [0.5, 0.6) is 0 Å². The summed E-state index contributed by atoms with van der Waals surface area (Å²) in [5, 5.41) is 1.74. The molecule has 1 saturated heterocycles. The third-order valence-electron chi connectivity index (χ3n) is 2.71. The van der Waals surface area contributed by atoms with Crippen LogP contribution in [0, 0.1) is 0 Å². The highest BCUT2D eigenvalue weighted by molar-refractivity contribution is 5.97. The zero-order valence-electron chi connectivity index (χ0n) is 9.06. The Balaban J connectivity index is 1.94. The lowest BCUT2D eigenvalue weighted by molar-refractivity contribution is -0.637. The minimum Gasteiger partial charge on any atom is -0.331 e. The van der Waals surface area contributed by atoms with Gasteiger partial charge >= 0.3 is 0 Å². The molecule has 0 spiro atoms. The Morgan fingerprint density at radius 2 is 1.69 bits per heavy atom. The van der Waals surface area contributed by atoms with Crippen LogP contribution >= 0.6 is 0 Å². The third kappa shape index (κ3) is 2.46. The molecule has 1 fully saturated rings. The number of imide groups is 1. The first kappa shape index (κ1) is 10.8. The number of rotatable bonds is 3. The number of benzene rings is 1. The fourth-order valence-corrected chi connectivity index (χ4v) is 1.81. The molecule has 0 aliphatic carbocycles. The molecule has 0 radical (unpaired) electrons. The summed E-state index contributed by atoms with van der Waals surface area (Å²) < 4.78 is 0. The van der Waals surface area contributed by atoms with Gasteiger partial charge in [0, 0.05) is 6.54 Å². The van der Waals surface area contributed by atoms with Crippen molar-refractivity contribution in [2.75, 3.05) is 19.6 Å². The molecule has 0 atom stereocenters. The predicted molar refractivity (Wildman–Crippen MR) is 58.5 cm³/mol. The molecule has 1 aliphatic heterocycles. The van der Waals surface area contributed by atoms with E-state index < -0.39 is 0 Å². The van der Waals surface area contributed by atoms with Crippen molar-refractivity contribution in [3.05, 3.63) is 35.9 Å². The van der Waals surface area contributed by atoms with E-state index >= 15 is 0 Å². The van der Waals surface area contributed by atoms with Gasteiger partial charge in [-0.2, -0.15) is 0 Å². The molecule has 4 heteroatoms. The van der Waals surface area contributed by atoms with E-state index in [4.69, 9.17) is 0 Å². The van der Waals surface area contributed by atoms with Crippen LogP contribution in [0.25, 0.3) is 0 Å². The van der Waals surface area contributed by atoms with Crippen LogP contribution in [0.2, 0.25) is 0 Å². The summed E-state index contributed by atoms with van der Waals surface area (Å²) in [6, 6.07) is 9.89. The molecule has 1 aromatic rings. The maximum atomic E-state index is 11.5. The molecule has 1 heterocycles. The van der Waals surface area contributed by atoms with Crippen molar-refractivity contribution in [3.63, 3.8) is 0 Å². The summed E-state index contributed by atoms with van der Waals surface area (Å²) in [4.78, 5) is 24.4. The first-order valence-electron chi connectivity index (χ1n) is 5.46. The lowest BCUT2D eigenvalue weighted by Gasteiger charge is -2.23. The smallest absolute Gasteiger partial charge is 0.284 e. The summed E-state index contributed by atoms with van der Waals surface area (Å²) >= 11 is 0. The Morgan fingerprint density at radius 1 is 1.06 bits per heavy atom. The van der Waals surface area contributed by atoms with Gasteiger partial charge in [0.05, 0.1) is 0 Å². The van der Waals surface area contributed by atoms with Crippen LogP contribution in [-0.2, 0) is 16.0 Å². The number of hydrogen-bond donors (Lipinski definition) is 1.